The van der Waals surface area contributed by atoms with Crippen LogP contribution >= 0.6 is 15.9 Å². The van der Waals surface area contributed by atoms with Crippen molar-refractivity contribution in [3.8, 4) is 17.7 Å². The van der Waals surface area contributed by atoms with Crippen LogP contribution in [0.15, 0.2) is 41.0 Å². The number of hydrogen-bond acceptors (Lipinski definition) is 3. The molecule has 0 bridgehead atoms. The van der Waals surface area contributed by atoms with Gasteiger partial charge >= 0.3 is 0 Å². The summed E-state index contributed by atoms with van der Waals surface area (Å²) in [5.41, 5.74) is 1.61. The lowest BCUT2D eigenvalue weighted by Crippen LogP contribution is -1.91. The average molecular weight is 289 g/mol. The molecule has 4 heteroatoms. The Labute approximate surface area is 108 Å². The van der Waals surface area contributed by atoms with E-state index in [1.807, 2.05) is 13.0 Å². The van der Waals surface area contributed by atoms with Crippen LogP contribution in [0, 0.1) is 18.3 Å². The predicted octanol–water partition coefficient (Wildman–Crippen LogP) is 3.82. The van der Waals surface area contributed by atoms with Crippen LogP contribution in [0.4, 0.5) is 0 Å². The van der Waals surface area contributed by atoms with Gasteiger partial charge < -0.3 is 4.74 Å². The number of nitrogens with zero attached hydrogens (tertiary/aromatic N) is 2. The Bertz CT molecular complexity index is 590. The first kappa shape index (κ1) is 11.6. The Morgan fingerprint density at radius 1 is 1.35 bits per heavy atom. The predicted molar refractivity (Wildman–Crippen MR) is 67.9 cm³/mol. The molecule has 3 nitrogen and oxygen atoms in total. The largest absolute Gasteiger partial charge is 0.438 e. The summed E-state index contributed by atoms with van der Waals surface area (Å²) < 4.78 is 6.44. The summed E-state index contributed by atoms with van der Waals surface area (Å²) in [6, 6.07) is 10.9. The summed E-state index contributed by atoms with van der Waals surface area (Å²) in [7, 11) is 0. The third-order valence-corrected chi connectivity index (χ3v) is 3.19. The Morgan fingerprint density at radius 3 is 2.94 bits per heavy atom. The zero-order chi connectivity index (χ0) is 12.3. The van der Waals surface area contributed by atoms with Gasteiger partial charge in [-0.05, 0) is 52.7 Å². The van der Waals surface area contributed by atoms with Gasteiger partial charge in [-0.15, -0.1) is 0 Å². The molecule has 0 saturated heterocycles. The minimum atomic E-state index is 0.500. The van der Waals surface area contributed by atoms with Crippen molar-refractivity contribution in [3.05, 3.63) is 52.1 Å². The van der Waals surface area contributed by atoms with Gasteiger partial charge in [-0.25, -0.2) is 4.98 Å². The molecule has 0 radical (unpaired) electrons. The molecule has 0 aliphatic heterocycles. The van der Waals surface area contributed by atoms with Gasteiger partial charge in [-0.3, -0.25) is 0 Å². The lowest BCUT2D eigenvalue weighted by molar-refractivity contribution is 0.459. The summed E-state index contributed by atoms with van der Waals surface area (Å²) in [6.45, 7) is 1.96. The minimum Gasteiger partial charge on any atom is -0.438 e. The first-order chi connectivity index (χ1) is 8.20. The fraction of sp³-hybridized carbons (Fsp3) is 0.0769. The van der Waals surface area contributed by atoms with Crippen molar-refractivity contribution in [1.82, 2.24) is 4.98 Å². The fourth-order valence-electron chi connectivity index (χ4n) is 1.33. The van der Waals surface area contributed by atoms with Crippen molar-refractivity contribution in [2.24, 2.45) is 0 Å². The van der Waals surface area contributed by atoms with Crippen LogP contribution in [0.2, 0.25) is 0 Å². The van der Waals surface area contributed by atoms with Gasteiger partial charge in [0.05, 0.1) is 16.1 Å². The van der Waals surface area contributed by atoms with Crippen LogP contribution in [-0.2, 0) is 0 Å². The van der Waals surface area contributed by atoms with E-state index in [2.05, 4.69) is 27.0 Å². The molecule has 0 N–H and O–H groups in total. The summed E-state index contributed by atoms with van der Waals surface area (Å²) in [6.07, 6.45) is 1.68. The molecule has 1 aromatic carbocycles. The fourth-order valence-corrected chi connectivity index (χ4v) is 1.64. The molecular weight excluding hydrogens is 280 g/mol. The molecule has 0 spiro atoms. The van der Waals surface area contributed by atoms with Crippen molar-refractivity contribution in [3.63, 3.8) is 0 Å². The number of aryl methyl sites for hydroxylation is 1. The lowest BCUT2D eigenvalue weighted by Gasteiger charge is -2.07. The maximum Gasteiger partial charge on any atom is 0.233 e. The zero-order valence-corrected chi connectivity index (χ0v) is 10.7. The molecule has 84 valence electrons. The molecule has 0 fully saturated rings. The van der Waals surface area contributed by atoms with Crippen molar-refractivity contribution in [2.45, 2.75) is 6.92 Å². The lowest BCUT2D eigenvalue weighted by atomic mass is 10.2. The third kappa shape index (κ3) is 2.63. The molecule has 0 atom stereocenters. The van der Waals surface area contributed by atoms with Crippen LogP contribution in [0.1, 0.15) is 11.1 Å². The SMILES string of the molecule is Cc1ccnc(Oc2cccc(C#N)c2)c1Br. The van der Waals surface area contributed by atoms with E-state index in [-0.39, 0.29) is 0 Å². The molecule has 2 rings (SSSR count). The number of ether oxygens (including phenoxy) is 1. The van der Waals surface area contributed by atoms with Gasteiger partial charge in [0.25, 0.3) is 0 Å². The first-order valence-corrected chi connectivity index (χ1v) is 5.79. The number of rotatable bonds is 2. The van der Waals surface area contributed by atoms with Crippen LogP contribution in [-0.4, -0.2) is 4.98 Å². The van der Waals surface area contributed by atoms with Gasteiger partial charge in [-0.2, -0.15) is 5.26 Å². The number of pyridine rings is 1. The Kier molecular flexibility index (Phi) is 3.40. The molecule has 1 aromatic heterocycles. The molecule has 0 saturated carbocycles. The summed E-state index contributed by atoms with van der Waals surface area (Å²) >= 11 is 3.42. The maximum atomic E-state index is 8.80. The van der Waals surface area contributed by atoms with Gasteiger partial charge in [0.2, 0.25) is 5.88 Å². The minimum absolute atomic E-state index is 0.500. The second-order valence-electron chi connectivity index (χ2n) is 3.49. The highest BCUT2D eigenvalue weighted by molar-refractivity contribution is 9.10. The second kappa shape index (κ2) is 4.98. The van der Waals surface area contributed by atoms with Crippen LogP contribution in [0.25, 0.3) is 0 Å². The Morgan fingerprint density at radius 2 is 2.18 bits per heavy atom. The van der Waals surface area contributed by atoms with E-state index in [1.165, 1.54) is 0 Å². The first-order valence-electron chi connectivity index (χ1n) is 5.00. The molecular formula is C13H9BrN2O. The van der Waals surface area contributed by atoms with Crippen molar-refractivity contribution in [1.29, 1.82) is 5.26 Å². The highest BCUT2D eigenvalue weighted by atomic mass is 79.9. The van der Waals surface area contributed by atoms with Crippen molar-refractivity contribution < 1.29 is 4.74 Å². The summed E-state index contributed by atoms with van der Waals surface area (Å²) in [5, 5.41) is 8.80. The highest BCUT2D eigenvalue weighted by Gasteiger charge is 2.06. The van der Waals surface area contributed by atoms with Crippen LogP contribution < -0.4 is 4.74 Å². The van der Waals surface area contributed by atoms with E-state index in [4.69, 9.17) is 10.00 Å². The topological polar surface area (TPSA) is 45.9 Å². The Balaban J connectivity index is 2.32. The normalized spacial score (nSPS) is 9.71. The van der Waals surface area contributed by atoms with Crippen molar-refractivity contribution >= 4 is 15.9 Å². The van der Waals surface area contributed by atoms with E-state index >= 15 is 0 Å². The number of nitriles is 1. The zero-order valence-electron chi connectivity index (χ0n) is 9.14. The molecule has 0 amide bonds. The van der Waals surface area contributed by atoms with Gasteiger partial charge in [0.15, 0.2) is 0 Å². The molecule has 0 unspecified atom stereocenters. The van der Waals surface area contributed by atoms with Crippen LogP contribution in [0.5, 0.6) is 11.6 Å². The van der Waals surface area contributed by atoms with E-state index in [0.717, 1.165) is 10.0 Å². The van der Waals surface area contributed by atoms with Gasteiger partial charge in [0.1, 0.15) is 5.75 Å². The standard InChI is InChI=1S/C13H9BrN2O/c1-9-5-6-16-13(12(9)14)17-11-4-2-3-10(7-11)8-15/h2-7H,1H3. The van der Waals surface area contributed by atoms with Crippen molar-refractivity contribution in [2.75, 3.05) is 0 Å². The van der Waals surface area contributed by atoms with E-state index < -0.39 is 0 Å². The molecule has 0 aliphatic carbocycles. The molecule has 0 aliphatic rings. The maximum absolute atomic E-state index is 8.80. The average Bonchev–Trinajstić information content (AvgIpc) is 2.35. The number of hydrogen-bond donors (Lipinski definition) is 0. The Hall–Kier alpha value is -1.86. The summed E-state index contributed by atoms with van der Waals surface area (Å²) in [5.74, 6) is 1.10. The van der Waals surface area contributed by atoms with E-state index in [9.17, 15) is 0 Å². The quantitative estimate of drug-likeness (QED) is 0.844. The second-order valence-corrected chi connectivity index (χ2v) is 4.28. The van der Waals surface area contributed by atoms with Gasteiger partial charge in [0, 0.05) is 6.20 Å². The highest BCUT2D eigenvalue weighted by Crippen LogP contribution is 2.29. The van der Waals surface area contributed by atoms with Crippen LogP contribution in [0.3, 0.4) is 0 Å². The third-order valence-electron chi connectivity index (χ3n) is 2.23. The monoisotopic (exact) mass is 288 g/mol. The molecule has 1 heterocycles. The number of benzene rings is 1. The van der Waals surface area contributed by atoms with E-state index in [0.29, 0.717) is 17.2 Å². The molecule has 2 aromatic rings. The number of aromatic nitrogens is 1. The number of halogens is 1. The van der Waals surface area contributed by atoms with E-state index in [1.54, 1.807) is 30.5 Å². The van der Waals surface area contributed by atoms with Gasteiger partial charge in [-0.1, -0.05) is 6.07 Å². The summed E-state index contributed by atoms with van der Waals surface area (Å²) in [4.78, 5) is 4.14. The smallest absolute Gasteiger partial charge is 0.233 e. The molecule has 17 heavy (non-hydrogen) atoms.